The van der Waals surface area contributed by atoms with Crippen molar-refractivity contribution >= 4 is 5.78 Å². The van der Waals surface area contributed by atoms with Crippen LogP contribution in [0.1, 0.15) is 37.9 Å². The maximum absolute atomic E-state index is 11.3. The van der Waals surface area contributed by atoms with Crippen LogP contribution in [0.5, 0.6) is 0 Å². The second kappa shape index (κ2) is 5.28. The number of allylic oxidation sites excluding steroid dienone is 1. The minimum absolute atomic E-state index is 0.154. The van der Waals surface area contributed by atoms with Gasteiger partial charge in [-0.1, -0.05) is 36.4 Å². The summed E-state index contributed by atoms with van der Waals surface area (Å²) in [6.07, 6.45) is 3.98. The van der Waals surface area contributed by atoms with E-state index in [2.05, 4.69) is 0 Å². The summed E-state index contributed by atoms with van der Waals surface area (Å²) in [5.74, 6) is 0.413. The molecule has 1 aromatic carbocycles. The summed E-state index contributed by atoms with van der Waals surface area (Å²) >= 11 is 0. The van der Waals surface area contributed by atoms with Gasteiger partial charge in [-0.2, -0.15) is 0 Å². The topological polar surface area (TPSA) is 37.3 Å². The number of carbonyl (C=O) groups is 1. The first kappa shape index (κ1) is 12.1. The van der Waals surface area contributed by atoms with E-state index in [4.69, 9.17) is 0 Å². The van der Waals surface area contributed by atoms with Gasteiger partial charge >= 0.3 is 0 Å². The zero-order valence-corrected chi connectivity index (χ0v) is 10.1. The SMILES string of the molecule is CC(=O)[C@@H]1CC=C([C@H](O)c2ccccc2)CC1. The molecule has 1 aromatic rings. The van der Waals surface area contributed by atoms with Crippen molar-refractivity contribution in [3.63, 3.8) is 0 Å². The van der Waals surface area contributed by atoms with Crippen LogP contribution < -0.4 is 0 Å². The summed E-state index contributed by atoms with van der Waals surface area (Å²) in [6.45, 7) is 1.65. The summed E-state index contributed by atoms with van der Waals surface area (Å²) in [5.41, 5.74) is 1.98. The van der Waals surface area contributed by atoms with E-state index in [0.29, 0.717) is 0 Å². The van der Waals surface area contributed by atoms with Crippen LogP contribution in [-0.4, -0.2) is 10.9 Å². The van der Waals surface area contributed by atoms with Crippen molar-refractivity contribution in [1.82, 2.24) is 0 Å². The highest BCUT2D eigenvalue weighted by atomic mass is 16.3. The van der Waals surface area contributed by atoms with E-state index in [1.807, 2.05) is 36.4 Å². The monoisotopic (exact) mass is 230 g/mol. The molecule has 0 amide bonds. The zero-order valence-electron chi connectivity index (χ0n) is 10.1. The molecule has 0 heterocycles. The number of ketones is 1. The number of aliphatic hydroxyl groups excluding tert-OH is 1. The third kappa shape index (κ3) is 2.83. The summed E-state index contributed by atoms with van der Waals surface area (Å²) in [4.78, 5) is 11.3. The molecular formula is C15H18O2. The first-order valence-electron chi connectivity index (χ1n) is 6.11. The predicted octanol–water partition coefficient (Wildman–Crippen LogP) is 3.04. The van der Waals surface area contributed by atoms with Crippen molar-refractivity contribution < 1.29 is 9.90 Å². The fourth-order valence-corrected chi connectivity index (χ4v) is 2.32. The van der Waals surface area contributed by atoms with Gasteiger partial charge in [0.25, 0.3) is 0 Å². The maximum Gasteiger partial charge on any atom is 0.133 e. The van der Waals surface area contributed by atoms with Gasteiger partial charge in [0.15, 0.2) is 0 Å². The standard InChI is InChI=1S/C15H18O2/c1-11(16)12-7-9-14(10-8-12)15(17)13-5-3-2-4-6-13/h2-6,9,12,15,17H,7-8,10H2,1H3/t12-,15-/m1/s1. The average Bonchev–Trinajstić information content (AvgIpc) is 2.39. The molecule has 0 aliphatic heterocycles. The number of benzene rings is 1. The van der Waals surface area contributed by atoms with E-state index in [1.54, 1.807) is 6.92 Å². The molecule has 1 aliphatic carbocycles. The van der Waals surface area contributed by atoms with Gasteiger partial charge in [-0.05, 0) is 37.3 Å². The molecule has 0 saturated carbocycles. The highest BCUT2D eigenvalue weighted by molar-refractivity contribution is 5.78. The van der Waals surface area contributed by atoms with Gasteiger partial charge in [0.05, 0.1) is 0 Å². The van der Waals surface area contributed by atoms with Gasteiger partial charge in [-0.15, -0.1) is 0 Å². The lowest BCUT2D eigenvalue weighted by Gasteiger charge is -2.23. The molecule has 2 atom stereocenters. The quantitative estimate of drug-likeness (QED) is 0.810. The van der Waals surface area contributed by atoms with Crippen LogP contribution in [0.15, 0.2) is 42.0 Å². The number of carbonyl (C=O) groups excluding carboxylic acids is 1. The molecule has 2 rings (SSSR count). The highest BCUT2D eigenvalue weighted by Crippen LogP contribution is 2.32. The van der Waals surface area contributed by atoms with Crippen molar-refractivity contribution in [2.24, 2.45) is 5.92 Å². The average molecular weight is 230 g/mol. The van der Waals surface area contributed by atoms with Crippen LogP contribution in [0.25, 0.3) is 0 Å². The number of Topliss-reactive ketones (excluding diaryl/α,β-unsaturated/α-hetero) is 1. The summed E-state index contributed by atoms with van der Waals surface area (Å²) < 4.78 is 0. The Hall–Kier alpha value is -1.41. The van der Waals surface area contributed by atoms with Crippen molar-refractivity contribution in [1.29, 1.82) is 0 Å². The van der Waals surface area contributed by atoms with E-state index in [-0.39, 0.29) is 11.7 Å². The molecule has 0 fully saturated rings. The van der Waals surface area contributed by atoms with Crippen LogP contribution in [-0.2, 0) is 4.79 Å². The van der Waals surface area contributed by atoms with Crippen LogP contribution in [0.4, 0.5) is 0 Å². The number of aliphatic hydroxyl groups is 1. The Bertz CT molecular complexity index is 420. The maximum atomic E-state index is 11.3. The lowest BCUT2D eigenvalue weighted by Crippen LogP contribution is -2.16. The number of rotatable bonds is 3. The second-order valence-corrected chi connectivity index (χ2v) is 4.67. The normalized spacial score (nSPS) is 21.8. The van der Waals surface area contributed by atoms with Crippen LogP contribution in [0.3, 0.4) is 0 Å². The minimum atomic E-state index is -0.510. The molecule has 1 N–H and O–H groups in total. The van der Waals surface area contributed by atoms with Crippen molar-refractivity contribution in [3.05, 3.63) is 47.5 Å². The van der Waals surface area contributed by atoms with Gasteiger partial charge < -0.3 is 5.11 Å². The van der Waals surface area contributed by atoms with E-state index in [9.17, 15) is 9.90 Å². The van der Waals surface area contributed by atoms with Gasteiger partial charge in [0.2, 0.25) is 0 Å². The van der Waals surface area contributed by atoms with Crippen molar-refractivity contribution in [2.45, 2.75) is 32.3 Å². The van der Waals surface area contributed by atoms with Crippen molar-refractivity contribution in [3.8, 4) is 0 Å². The fourth-order valence-electron chi connectivity index (χ4n) is 2.32. The van der Waals surface area contributed by atoms with E-state index >= 15 is 0 Å². The molecule has 17 heavy (non-hydrogen) atoms. The second-order valence-electron chi connectivity index (χ2n) is 4.67. The molecule has 1 aliphatic rings. The molecule has 2 heteroatoms. The Balaban J connectivity index is 2.07. The Morgan fingerprint density at radius 1 is 1.35 bits per heavy atom. The van der Waals surface area contributed by atoms with Gasteiger partial charge in [0, 0.05) is 5.92 Å². The third-order valence-electron chi connectivity index (χ3n) is 3.49. The molecule has 0 radical (unpaired) electrons. The highest BCUT2D eigenvalue weighted by Gasteiger charge is 2.22. The molecule has 90 valence electrons. The Morgan fingerprint density at radius 2 is 2.06 bits per heavy atom. The molecule has 0 aromatic heterocycles. The van der Waals surface area contributed by atoms with E-state index in [1.165, 1.54) is 0 Å². The molecule has 0 bridgehead atoms. The zero-order chi connectivity index (χ0) is 12.3. The van der Waals surface area contributed by atoms with Crippen LogP contribution in [0.2, 0.25) is 0 Å². The van der Waals surface area contributed by atoms with Gasteiger partial charge in [-0.25, -0.2) is 0 Å². The summed E-state index contributed by atoms with van der Waals surface area (Å²) in [5, 5.41) is 10.2. The fraction of sp³-hybridized carbons (Fsp3) is 0.400. The predicted molar refractivity (Wildman–Crippen MR) is 67.5 cm³/mol. The lowest BCUT2D eigenvalue weighted by molar-refractivity contribution is -0.120. The molecule has 2 nitrogen and oxygen atoms in total. The molecule has 0 spiro atoms. The Kier molecular flexibility index (Phi) is 3.75. The number of hydrogen-bond donors (Lipinski definition) is 1. The van der Waals surface area contributed by atoms with E-state index < -0.39 is 6.10 Å². The smallest absolute Gasteiger partial charge is 0.133 e. The van der Waals surface area contributed by atoms with E-state index in [0.717, 1.165) is 30.4 Å². The van der Waals surface area contributed by atoms with Gasteiger partial charge in [0.1, 0.15) is 11.9 Å². The Morgan fingerprint density at radius 3 is 2.59 bits per heavy atom. The summed E-state index contributed by atoms with van der Waals surface area (Å²) in [6, 6.07) is 9.67. The minimum Gasteiger partial charge on any atom is -0.384 e. The third-order valence-corrected chi connectivity index (χ3v) is 3.49. The lowest BCUT2D eigenvalue weighted by atomic mass is 9.84. The first-order valence-corrected chi connectivity index (χ1v) is 6.11. The van der Waals surface area contributed by atoms with Crippen molar-refractivity contribution in [2.75, 3.05) is 0 Å². The van der Waals surface area contributed by atoms with Gasteiger partial charge in [-0.3, -0.25) is 4.79 Å². The van der Waals surface area contributed by atoms with Crippen LogP contribution in [0, 0.1) is 5.92 Å². The Labute approximate surface area is 102 Å². The first-order chi connectivity index (χ1) is 8.18. The largest absolute Gasteiger partial charge is 0.384 e. The molecular weight excluding hydrogens is 212 g/mol. The molecule has 0 unspecified atom stereocenters. The van der Waals surface area contributed by atoms with Crippen LogP contribution >= 0.6 is 0 Å². The number of hydrogen-bond acceptors (Lipinski definition) is 2. The summed E-state index contributed by atoms with van der Waals surface area (Å²) in [7, 11) is 0. The molecule has 0 saturated heterocycles.